The van der Waals surface area contributed by atoms with Crippen LogP contribution in [0.25, 0.3) is 0 Å². The van der Waals surface area contributed by atoms with Crippen LogP contribution < -0.4 is 5.32 Å². The van der Waals surface area contributed by atoms with Gasteiger partial charge in [0.15, 0.2) is 0 Å². The Labute approximate surface area is 125 Å². The van der Waals surface area contributed by atoms with Gasteiger partial charge in [0, 0.05) is 6.04 Å². The summed E-state index contributed by atoms with van der Waals surface area (Å²) in [6.45, 7) is 3.75. The van der Waals surface area contributed by atoms with Crippen molar-refractivity contribution in [3.05, 3.63) is 31.9 Å². The topological polar surface area (TPSA) is 12.0 Å². The van der Waals surface area contributed by atoms with Gasteiger partial charge in [0.25, 0.3) is 0 Å². The second kappa shape index (κ2) is 8.46. The minimum atomic E-state index is 0.454. The Hall–Kier alpha value is 0.360. The van der Waals surface area contributed by atoms with Gasteiger partial charge in [-0.25, -0.2) is 0 Å². The summed E-state index contributed by atoms with van der Waals surface area (Å²) >= 11 is 8.90. The molecule has 0 fully saturated rings. The maximum Gasteiger partial charge on any atom is 0.0758 e. The van der Waals surface area contributed by atoms with E-state index in [4.69, 9.17) is 0 Å². The molecule has 0 spiro atoms. The van der Waals surface area contributed by atoms with Crippen molar-refractivity contribution >= 4 is 43.2 Å². The second-order valence-electron chi connectivity index (χ2n) is 4.05. The van der Waals surface area contributed by atoms with Crippen LogP contribution in [0.4, 0.5) is 0 Å². The average Bonchev–Trinajstić information content (AvgIpc) is 2.63. The van der Waals surface area contributed by atoms with Gasteiger partial charge in [0.1, 0.15) is 0 Å². The minimum Gasteiger partial charge on any atom is -0.313 e. The molecule has 1 atom stereocenters. The molecule has 0 saturated carbocycles. The van der Waals surface area contributed by atoms with Gasteiger partial charge in [-0.15, -0.1) is 17.9 Å². The Kier molecular flexibility index (Phi) is 7.67. The summed E-state index contributed by atoms with van der Waals surface area (Å²) < 4.78 is 2.42. The van der Waals surface area contributed by atoms with Crippen molar-refractivity contribution in [3.8, 4) is 0 Å². The van der Waals surface area contributed by atoms with Crippen LogP contribution in [0.5, 0.6) is 0 Å². The van der Waals surface area contributed by atoms with Crippen molar-refractivity contribution in [1.29, 1.82) is 0 Å². The standard InChI is InChI=1S/C13H19Br2NS/c1-3-4-5-6-7-8-11(16-2)10-9-12(14)17-13(10)15/h3,9,11,16H,1,4-8H2,2H3. The zero-order valence-corrected chi connectivity index (χ0v) is 14.1. The highest BCUT2D eigenvalue weighted by molar-refractivity contribution is 9.12. The lowest BCUT2D eigenvalue weighted by molar-refractivity contribution is 0.508. The fourth-order valence-electron chi connectivity index (χ4n) is 1.86. The van der Waals surface area contributed by atoms with Crippen molar-refractivity contribution < 1.29 is 0 Å². The largest absolute Gasteiger partial charge is 0.313 e. The molecule has 0 radical (unpaired) electrons. The molecule has 0 amide bonds. The molecule has 0 saturated heterocycles. The number of unbranched alkanes of at least 4 members (excludes halogenated alkanes) is 3. The van der Waals surface area contributed by atoms with Crippen LogP contribution in [0.15, 0.2) is 26.3 Å². The number of allylic oxidation sites excluding steroid dienone is 1. The molecule has 0 aliphatic rings. The summed E-state index contributed by atoms with van der Waals surface area (Å²) in [5.41, 5.74) is 1.37. The molecular weight excluding hydrogens is 362 g/mol. The van der Waals surface area contributed by atoms with Crippen molar-refractivity contribution in [2.24, 2.45) is 0 Å². The number of hydrogen-bond donors (Lipinski definition) is 1. The number of nitrogens with one attached hydrogen (secondary N) is 1. The molecule has 1 aromatic rings. The lowest BCUT2D eigenvalue weighted by atomic mass is 10.0. The van der Waals surface area contributed by atoms with E-state index in [0.717, 1.165) is 6.42 Å². The molecule has 1 heterocycles. The minimum absolute atomic E-state index is 0.454. The van der Waals surface area contributed by atoms with Gasteiger partial charge in [-0.3, -0.25) is 0 Å². The summed E-state index contributed by atoms with van der Waals surface area (Å²) in [6, 6.07) is 2.66. The van der Waals surface area contributed by atoms with Crippen LogP contribution in [0, 0.1) is 0 Å². The molecule has 1 aromatic heterocycles. The second-order valence-corrected chi connectivity index (χ2v) is 7.80. The zero-order valence-electron chi connectivity index (χ0n) is 10.1. The van der Waals surface area contributed by atoms with Gasteiger partial charge < -0.3 is 5.32 Å². The molecule has 0 aliphatic heterocycles. The number of hydrogen-bond acceptors (Lipinski definition) is 2. The fourth-order valence-corrected chi connectivity index (χ4v) is 4.83. The normalized spacial score (nSPS) is 12.6. The van der Waals surface area contributed by atoms with E-state index >= 15 is 0 Å². The van der Waals surface area contributed by atoms with Gasteiger partial charge in [0.05, 0.1) is 7.57 Å². The van der Waals surface area contributed by atoms with E-state index in [9.17, 15) is 0 Å². The fraction of sp³-hybridized carbons (Fsp3) is 0.538. The molecule has 17 heavy (non-hydrogen) atoms. The molecular formula is C13H19Br2NS. The average molecular weight is 381 g/mol. The third-order valence-electron chi connectivity index (χ3n) is 2.81. The van der Waals surface area contributed by atoms with Gasteiger partial charge in [-0.2, -0.15) is 0 Å². The van der Waals surface area contributed by atoms with Gasteiger partial charge in [-0.05, 0) is 69.8 Å². The lowest BCUT2D eigenvalue weighted by Crippen LogP contribution is -2.15. The maximum atomic E-state index is 3.75. The molecule has 0 aromatic carbocycles. The van der Waals surface area contributed by atoms with E-state index in [1.165, 1.54) is 38.8 Å². The van der Waals surface area contributed by atoms with E-state index in [0.29, 0.717) is 6.04 Å². The van der Waals surface area contributed by atoms with E-state index in [-0.39, 0.29) is 0 Å². The first-order chi connectivity index (χ1) is 8.19. The Bertz CT molecular complexity index is 349. The molecule has 1 nitrogen and oxygen atoms in total. The summed E-state index contributed by atoms with van der Waals surface area (Å²) in [5.74, 6) is 0. The van der Waals surface area contributed by atoms with E-state index in [2.05, 4.69) is 49.8 Å². The van der Waals surface area contributed by atoms with Crippen molar-refractivity contribution in [2.45, 2.75) is 38.1 Å². The third kappa shape index (κ3) is 5.25. The van der Waals surface area contributed by atoms with Crippen LogP contribution in [0.3, 0.4) is 0 Å². The van der Waals surface area contributed by atoms with Crippen molar-refractivity contribution in [1.82, 2.24) is 5.32 Å². The number of rotatable bonds is 8. The van der Waals surface area contributed by atoms with Crippen molar-refractivity contribution in [3.63, 3.8) is 0 Å². The van der Waals surface area contributed by atoms with Crippen LogP contribution in [-0.2, 0) is 0 Å². The summed E-state index contributed by atoms with van der Waals surface area (Å²) in [4.78, 5) is 0. The predicted molar refractivity (Wildman–Crippen MR) is 84.8 cm³/mol. The lowest BCUT2D eigenvalue weighted by Gasteiger charge is -2.15. The van der Waals surface area contributed by atoms with E-state index in [1.807, 2.05) is 13.1 Å². The molecule has 0 bridgehead atoms. The van der Waals surface area contributed by atoms with E-state index < -0.39 is 0 Å². The molecule has 96 valence electrons. The Morgan fingerprint density at radius 1 is 1.41 bits per heavy atom. The highest BCUT2D eigenvalue weighted by Gasteiger charge is 2.14. The smallest absolute Gasteiger partial charge is 0.0758 e. The number of halogens is 2. The highest BCUT2D eigenvalue weighted by Crippen LogP contribution is 2.36. The zero-order chi connectivity index (χ0) is 12.7. The Morgan fingerprint density at radius 3 is 2.71 bits per heavy atom. The van der Waals surface area contributed by atoms with Gasteiger partial charge in [-0.1, -0.05) is 18.9 Å². The first-order valence-electron chi connectivity index (χ1n) is 5.92. The number of thiophene rings is 1. The van der Waals surface area contributed by atoms with Crippen LogP contribution in [0.2, 0.25) is 0 Å². The van der Waals surface area contributed by atoms with Crippen LogP contribution in [0.1, 0.15) is 43.7 Å². The first-order valence-corrected chi connectivity index (χ1v) is 8.32. The molecule has 1 N–H and O–H groups in total. The third-order valence-corrected chi connectivity index (χ3v) is 5.19. The van der Waals surface area contributed by atoms with Crippen molar-refractivity contribution in [2.75, 3.05) is 7.05 Å². The van der Waals surface area contributed by atoms with Gasteiger partial charge >= 0.3 is 0 Å². The molecule has 1 rings (SSSR count). The molecule has 4 heteroatoms. The summed E-state index contributed by atoms with van der Waals surface area (Å²) in [7, 11) is 2.03. The van der Waals surface area contributed by atoms with Crippen LogP contribution >= 0.6 is 43.2 Å². The quantitative estimate of drug-likeness (QED) is 0.452. The molecule has 1 unspecified atom stereocenters. The highest BCUT2D eigenvalue weighted by atomic mass is 79.9. The Balaban J connectivity index is 2.43. The monoisotopic (exact) mass is 379 g/mol. The summed E-state index contributed by atoms with van der Waals surface area (Å²) in [6.07, 6.45) is 8.14. The summed E-state index contributed by atoms with van der Waals surface area (Å²) in [5, 5.41) is 3.40. The SMILES string of the molecule is C=CCCCCCC(NC)c1cc(Br)sc1Br. The Morgan fingerprint density at radius 2 is 2.18 bits per heavy atom. The first kappa shape index (κ1) is 15.4. The predicted octanol–water partition coefficient (Wildman–Crippen LogP) is 5.67. The van der Waals surface area contributed by atoms with E-state index in [1.54, 1.807) is 11.3 Å². The van der Waals surface area contributed by atoms with Crippen LogP contribution in [-0.4, -0.2) is 7.05 Å². The maximum absolute atomic E-state index is 3.75. The molecule has 0 aliphatic carbocycles. The van der Waals surface area contributed by atoms with Gasteiger partial charge in [0.2, 0.25) is 0 Å².